The number of halogens is 3. The fourth-order valence-electron chi connectivity index (χ4n) is 2.95. The zero-order chi connectivity index (χ0) is 13.8. The van der Waals surface area contributed by atoms with Gasteiger partial charge in [0.1, 0.15) is 11.6 Å². The number of nitrogens with one attached hydrogen (secondary N) is 1. The second-order valence-electron chi connectivity index (χ2n) is 5.40. The van der Waals surface area contributed by atoms with Crippen LogP contribution in [0.5, 0.6) is 0 Å². The van der Waals surface area contributed by atoms with E-state index in [2.05, 4.69) is 21.2 Å². The van der Waals surface area contributed by atoms with Crippen molar-refractivity contribution in [1.82, 2.24) is 5.32 Å². The topological polar surface area (TPSA) is 12.0 Å². The summed E-state index contributed by atoms with van der Waals surface area (Å²) in [5.74, 6) is -0.505. The molecule has 1 saturated carbocycles. The summed E-state index contributed by atoms with van der Waals surface area (Å²) >= 11 is 3.13. The van der Waals surface area contributed by atoms with Gasteiger partial charge in [0.25, 0.3) is 0 Å². The highest BCUT2D eigenvalue weighted by molar-refractivity contribution is 9.10. The number of benzene rings is 1. The van der Waals surface area contributed by atoms with Gasteiger partial charge >= 0.3 is 0 Å². The van der Waals surface area contributed by atoms with Crippen LogP contribution in [0.15, 0.2) is 16.6 Å². The van der Waals surface area contributed by atoms with Gasteiger partial charge in [-0.05, 0) is 60.3 Å². The molecular weight excluding hydrogens is 312 g/mol. The molecule has 106 valence electrons. The molecule has 0 saturated heterocycles. The van der Waals surface area contributed by atoms with Gasteiger partial charge < -0.3 is 5.32 Å². The summed E-state index contributed by atoms with van der Waals surface area (Å²) in [4.78, 5) is 0. The Morgan fingerprint density at radius 3 is 2.74 bits per heavy atom. The van der Waals surface area contributed by atoms with Crippen LogP contribution in [-0.2, 0) is 6.42 Å². The van der Waals surface area contributed by atoms with Crippen molar-refractivity contribution in [1.29, 1.82) is 0 Å². The standard InChI is InChI=1S/C15H20BrF2N/c1-19-11-5-3-2-4-10(8-11)9-12-14(17)7-6-13(16)15(12)18/h6-7,10-11,19H,2-5,8-9H2,1H3. The fourth-order valence-corrected chi connectivity index (χ4v) is 3.33. The molecule has 1 nitrogen and oxygen atoms in total. The summed E-state index contributed by atoms with van der Waals surface area (Å²) < 4.78 is 28.1. The third kappa shape index (κ3) is 3.76. The Balaban J connectivity index is 2.13. The molecule has 1 N–H and O–H groups in total. The van der Waals surface area contributed by atoms with Gasteiger partial charge in [-0.1, -0.05) is 19.3 Å². The lowest BCUT2D eigenvalue weighted by atomic mass is 9.90. The van der Waals surface area contributed by atoms with Crippen LogP contribution in [0.25, 0.3) is 0 Å². The van der Waals surface area contributed by atoms with Crippen LogP contribution in [0.3, 0.4) is 0 Å². The highest BCUT2D eigenvalue weighted by atomic mass is 79.9. The average Bonchev–Trinajstić information content (AvgIpc) is 2.64. The summed E-state index contributed by atoms with van der Waals surface area (Å²) in [6.07, 6.45) is 6.07. The van der Waals surface area contributed by atoms with Crippen LogP contribution in [0, 0.1) is 17.6 Å². The second-order valence-corrected chi connectivity index (χ2v) is 6.25. The van der Waals surface area contributed by atoms with E-state index in [1.807, 2.05) is 7.05 Å². The lowest BCUT2D eigenvalue weighted by Crippen LogP contribution is -2.27. The Morgan fingerprint density at radius 2 is 2.00 bits per heavy atom. The van der Waals surface area contributed by atoms with Crippen LogP contribution in [0.4, 0.5) is 8.78 Å². The van der Waals surface area contributed by atoms with E-state index in [9.17, 15) is 8.78 Å². The average molecular weight is 332 g/mol. The van der Waals surface area contributed by atoms with E-state index < -0.39 is 11.6 Å². The molecule has 0 amide bonds. The molecule has 1 aliphatic rings. The molecule has 1 aromatic carbocycles. The van der Waals surface area contributed by atoms with Crippen LogP contribution in [0.1, 0.15) is 37.7 Å². The van der Waals surface area contributed by atoms with Gasteiger partial charge in [0.05, 0.1) is 4.47 Å². The highest BCUT2D eigenvalue weighted by Gasteiger charge is 2.22. The number of hydrogen-bond acceptors (Lipinski definition) is 1. The van der Waals surface area contributed by atoms with E-state index in [-0.39, 0.29) is 5.56 Å². The van der Waals surface area contributed by atoms with Crippen molar-refractivity contribution >= 4 is 15.9 Å². The Bertz CT molecular complexity index is 436. The maximum Gasteiger partial charge on any atom is 0.143 e. The molecule has 1 aliphatic carbocycles. The zero-order valence-electron chi connectivity index (χ0n) is 11.2. The van der Waals surface area contributed by atoms with Crippen molar-refractivity contribution < 1.29 is 8.78 Å². The monoisotopic (exact) mass is 331 g/mol. The largest absolute Gasteiger partial charge is 0.317 e. The SMILES string of the molecule is CNC1CCCCC(Cc2c(F)ccc(Br)c2F)C1. The molecule has 2 rings (SSSR count). The van der Waals surface area contributed by atoms with Gasteiger partial charge in [-0.25, -0.2) is 8.78 Å². The van der Waals surface area contributed by atoms with Crippen molar-refractivity contribution in [3.63, 3.8) is 0 Å². The number of hydrogen-bond donors (Lipinski definition) is 1. The molecule has 2 atom stereocenters. The summed E-state index contributed by atoms with van der Waals surface area (Å²) in [5, 5.41) is 3.30. The zero-order valence-corrected chi connectivity index (χ0v) is 12.8. The summed E-state index contributed by atoms with van der Waals surface area (Å²) in [6.45, 7) is 0. The van der Waals surface area contributed by atoms with Crippen LogP contribution in [-0.4, -0.2) is 13.1 Å². The molecule has 1 aromatic rings. The highest BCUT2D eigenvalue weighted by Crippen LogP contribution is 2.30. The molecule has 2 unspecified atom stereocenters. The molecule has 0 spiro atoms. The molecule has 19 heavy (non-hydrogen) atoms. The van der Waals surface area contributed by atoms with Crippen LogP contribution >= 0.6 is 15.9 Å². The first-order valence-electron chi connectivity index (χ1n) is 6.91. The lowest BCUT2D eigenvalue weighted by molar-refractivity contribution is 0.389. The first kappa shape index (κ1) is 14.9. The van der Waals surface area contributed by atoms with Crippen molar-refractivity contribution in [2.75, 3.05) is 7.05 Å². The molecule has 1 fully saturated rings. The molecule has 0 heterocycles. The minimum Gasteiger partial charge on any atom is -0.317 e. The first-order chi connectivity index (χ1) is 9.11. The molecule has 0 radical (unpaired) electrons. The van der Waals surface area contributed by atoms with E-state index in [0.717, 1.165) is 25.7 Å². The van der Waals surface area contributed by atoms with Gasteiger partial charge in [-0.3, -0.25) is 0 Å². The predicted molar refractivity (Wildman–Crippen MR) is 77.2 cm³/mol. The van der Waals surface area contributed by atoms with Crippen molar-refractivity contribution in [2.24, 2.45) is 5.92 Å². The third-order valence-electron chi connectivity index (χ3n) is 4.07. The van der Waals surface area contributed by atoms with Gasteiger partial charge in [0, 0.05) is 11.6 Å². The quantitative estimate of drug-likeness (QED) is 0.637. The van der Waals surface area contributed by atoms with E-state index in [0.29, 0.717) is 22.9 Å². The molecule has 4 heteroatoms. The Hall–Kier alpha value is -0.480. The Labute approximate surface area is 121 Å². The molecule has 0 aliphatic heterocycles. The van der Waals surface area contributed by atoms with Gasteiger partial charge in [0.2, 0.25) is 0 Å². The van der Waals surface area contributed by atoms with Crippen molar-refractivity contribution in [3.05, 3.63) is 33.8 Å². The third-order valence-corrected chi connectivity index (χ3v) is 4.69. The van der Waals surface area contributed by atoms with Gasteiger partial charge in [-0.2, -0.15) is 0 Å². The summed E-state index contributed by atoms with van der Waals surface area (Å²) in [5.41, 5.74) is 0.233. The van der Waals surface area contributed by atoms with Gasteiger partial charge in [0.15, 0.2) is 0 Å². The Kier molecular flexibility index (Phi) is 5.34. The maximum atomic E-state index is 14.0. The predicted octanol–water partition coefficient (Wildman–Crippen LogP) is 4.44. The normalized spacial score (nSPS) is 24.2. The van der Waals surface area contributed by atoms with E-state index in [1.165, 1.54) is 18.6 Å². The smallest absolute Gasteiger partial charge is 0.143 e. The maximum absolute atomic E-state index is 14.0. The molecule has 0 bridgehead atoms. The van der Waals surface area contributed by atoms with Crippen LogP contribution < -0.4 is 5.32 Å². The number of rotatable bonds is 3. The van der Waals surface area contributed by atoms with Crippen LogP contribution in [0.2, 0.25) is 0 Å². The lowest BCUT2D eigenvalue weighted by Gasteiger charge is -2.20. The minimum atomic E-state index is -0.440. The second kappa shape index (κ2) is 6.80. The molecular formula is C15H20BrF2N. The van der Waals surface area contributed by atoms with Crippen molar-refractivity contribution in [2.45, 2.75) is 44.6 Å². The minimum absolute atomic E-state index is 0.233. The first-order valence-corrected chi connectivity index (χ1v) is 7.70. The van der Waals surface area contributed by atoms with Crippen molar-refractivity contribution in [3.8, 4) is 0 Å². The fraction of sp³-hybridized carbons (Fsp3) is 0.600. The summed E-state index contributed by atoms with van der Waals surface area (Å²) in [7, 11) is 1.97. The molecule has 0 aromatic heterocycles. The van der Waals surface area contributed by atoms with E-state index in [4.69, 9.17) is 0 Å². The summed E-state index contributed by atoms with van der Waals surface area (Å²) in [6, 6.07) is 3.25. The Morgan fingerprint density at radius 1 is 1.26 bits per heavy atom. The van der Waals surface area contributed by atoms with E-state index in [1.54, 1.807) is 0 Å². The van der Waals surface area contributed by atoms with E-state index >= 15 is 0 Å². The van der Waals surface area contributed by atoms with Gasteiger partial charge in [-0.15, -0.1) is 0 Å².